The third-order valence-electron chi connectivity index (χ3n) is 3.07. The number of ether oxygens (including phenoxy) is 1. The molecule has 0 aliphatic carbocycles. The molecule has 0 radical (unpaired) electrons. The van der Waals surface area contributed by atoms with Crippen molar-refractivity contribution in [2.45, 2.75) is 18.9 Å². The van der Waals surface area contributed by atoms with Gasteiger partial charge in [-0.25, -0.2) is 9.37 Å². The lowest BCUT2D eigenvalue weighted by Gasteiger charge is -2.11. The molecular weight excluding hydrogens is 233 g/mol. The molecule has 1 heterocycles. The first-order valence-electron chi connectivity index (χ1n) is 6.00. The number of aryl methyl sites for hydroxylation is 1. The van der Waals surface area contributed by atoms with Crippen LogP contribution in [0.5, 0.6) is 0 Å². The van der Waals surface area contributed by atoms with Crippen LogP contribution in [-0.2, 0) is 11.8 Å². The smallest absolute Gasteiger partial charge is 0.126 e. The summed E-state index contributed by atoms with van der Waals surface area (Å²) in [7, 11) is 3.53. The quantitative estimate of drug-likeness (QED) is 0.828. The first-order chi connectivity index (χ1) is 8.63. The molecule has 0 fully saturated rings. The van der Waals surface area contributed by atoms with E-state index in [2.05, 4.69) is 4.98 Å². The molecule has 2 N–H and O–H groups in total. The van der Waals surface area contributed by atoms with Gasteiger partial charge in [-0.1, -0.05) is 0 Å². The van der Waals surface area contributed by atoms with Crippen LogP contribution in [0.3, 0.4) is 0 Å². The average Bonchev–Trinajstić information content (AvgIpc) is 2.67. The lowest BCUT2D eigenvalue weighted by atomic mass is 10.1. The van der Waals surface area contributed by atoms with E-state index in [1.54, 1.807) is 13.2 Å². The number of nitrogens with zero attached hydrogens (tertiary/aromatic N) is 2. The van der Waals surface area contributed by atoms with Gasteiger partial charge in [0.15, 0.2) is 0 Å². The topological polar surface area (TPSA) is 53.1 Å². The molecule has 1 unspecified atom stereocenters. The van der Waals surface area contributed by atoms with Crippen LogP contribution in [0.15, 0.2) is 18.2 Å². The van der Waals surface area contributed by atoms with Crippen molar-refractivity contribution in [1.82, 2.24) is 9.55 Å². The summed E-state index contributed by atoms with van der Waals surface area (Å²) in [4.78, 5) is 4.46. The second-order valence-electron chi connectivity index (χ2n) is 4.40. The first-order valence-corrected chi connectivity index (χ1v) is 6.00. The van der Waals surface area contributed by atoms with Crippen molar-refractivity contribution in [3.63, 3.8) is 0 Å². The van der Waals surface area contributed by atoms with Crippen LogP contribution in [0, 0.1) is 5.82 Å². The minimum Gasteiger partial charge on any atom is -0.385 e. The van der Waals surface area contributed by atoms with Crippen LogP contribution in [0.4, 0.5) is 4.39 Å². The number of rotatable bonds is 5. The Hall–Kier alpha value is -1.46. The van der Waals surface area contributed by atoms with Gasteiger partial charge in [0.05, 0.1) is 17.1 Å². The summed E-state index contributed by atoms with van der Waals surface area (Å²) in [6.45, 7) is 0.687. The van der Waals surface area contributed by atoms with Crippen molar-refractivity contribution < 1.29 is 9.13 Å². The number of imidazole rings is 1. The van der Waals surface area contributed by atoms with E-state index in [4.69, 9.17) is 10.5 Å². The lowest BCUT2D eigenvalue weighted by Crippen LogP contribution is -2.16. The fourth-order valence-corrected chi connectivity index (χ4v) is 2.09. The molecule has 0 saturated carbocycles. The molecule has 98 valence electrons. The fraction of sp³-hybridized carbons (Fsp3) is 0.462. The summed E-state index contributed by atoms with van der Waals surface area (Å²) in [6, 6.07) is 4.42. The third kappa shape index (κ3) is 2.52. The predicted octanol–water partition coefficient (Wildman–Crippen LogP) is 2.14. The zero-order valence-electron chi connectivity index (χ0n) is 10.7. The van der Waals surface area contributed by atoms with Gasteiger partial charge in [0.25, 0.3) is 0 Å². The Morgan fingerprint density at radius 3 is 3.00 bits per heavy atom. The zero-order chi connectivity index (χ0) is 13.1. The summed E-state index contributed by atoms with van der Waals surface area (Å²) in [5, 5.41) is 0. The molecular formula is C13H18FN3O. The van der Waals surface area contributed by atoms with Crippen LogP contribution in [-0.4, -0.2) is 23.3 Å². The summed E-state index contributed by atoms with van der Waals surface area (Å²) in [5.41, 5.74) is 7.65. The molecule has 0 aliphatic heterocycles. The molecule has 18 heavy (non-hydrogen) atoms. The predicted molar refractivity (Wildman–Crippen MR) is 68.7 cm³/mol. The molecule has 2 aromatic rings. The van der Waals surface area contributed by atoms with E-state index in [-0.39, 0.29) is 11.9 Å². The zero-order valence-corrected chi connectivity index (χ0v) is 10.7. The Balaban J connectivity index is 2.25. The Labute approximate surface area is 106 Å². The number of methoxy groups -OCH3 is 1. The highest BCUT2D eigenvalue weighted by Gasteiger charge is 2.14. The van der Waals surface area contributed by atoms with Crippen LogP contribution in [0.2, 0.25) is 0 Å². The first kappa shape index (κ1) is 13.0. The van der Waals surface area contributed by atoms with Gasteiger partial charge in [-0.15, -0.1) is 0 Å². The van der Waals surface area contributed by atoms with Gasteiger partial charge in [0, 0.05) is 20.8 Å². The van der Waals surface area contributed by atoms with Gasteiger partial charge in [0.1, 0.15) is 11.6 Å². The van der Waals surface area contributed by atoms with Crippen LogP contribution >= 0.6 is 0 Å². The lowest BCUT2D eigenvalue weighted by molar-refractivity contribution is 0.190. The van der Waals surface area contributed by atoms with Gasteiger partial charge < -0.3 is 15.0 Å². The van der Waals surface area contributed by atoms with Gasteiger partial charge >= 0.3 is 0 Å². The molecule has 0 amide bonds. The second-order valence-corrected chi connectivity index (χ2v) is 4.40. The minimum absolute atomic E-state index is 0.152. The Morgan fingerprint density at radius 2 is 2.28 bits per heavy atom. The Bertz CT molecular complexity index is 538. The van der Waals surface area contributed by atoms with E-state index in [0.717, 1.165) is 29.7 Å². The van der Waals surface area contributed by atoms with Crippen molar-refractivity contribution in [2.75, 3.05) is 13.7 Å². The van der Waals surface area contributed by atoms with Crippen molar-refractivity contribution in [3.8, 4) is 0 Å². The SMILES string of the molecule is COCCCC(N)c1nc2ccc(F)cc2n1C. The minimum atomic E-state index is -0.259. The van der Waals surface area contributed by atoms with E-state index < -0.39 is 0 Å². The maximum atomic E-state index is 13.2. The third-order valence-corrected chi connectivity index (χ3v) is 3.07. The number of aromatic nitrogens is 2. The number of nitrogens with two attached hydrogens (primary N) is 1. The monoisotopic (exact) mass is 251 g/mol. The molecule has 0 saturated heterocycles. The van der Waals surface area contributed by atoms with Crippen LogP contribution in [0.25, 0.3) is 11.0 Å². The highest BCUT2D eigenvalue weighted by atomic mass is 19.1. The molecule has 5 heteroatoms. The molecule has 0 spiro atoms. The standard InChI is InChI=1S/C13H18FN3O/c1-17-12-8-9(14)5-6-11(12)16-13(17)10(15)4-3-7-18-2/h5-6,8,10H,3-4,7,15H2,1-2H3. The Morgan fingerprint density at radius 1 is 1.50 bits per heavy atom. The number of hydrogen-bond acceptors (Lipinski definition) is 3. The molecule has 4 nitrogen and oxygen atoms in total. The fourth-order valence-electron chi connectivity index (χ4n) is 2.09. The number of fused-ring (bicyclic) bond motifs is 1. The van der Waals surface area contributed by atoms with E-state index >= 15 is 0 Å². The van der Waals surface area contributed by atoms with Crippen LogP contribution in [0.1, 0.15) is 24.7 Å². The molecule has 1 aromatic heterocycles. The summed E-state index contributed by atoms with van der Waals surface area (Å²) >= 11 is 0. The Kier molecular flexibility index (Phi) is 3.93. The van der Waals surface area contributed by atoms with E-state index in [1.165, 1.54) is 12.1 Å². The highest BCUT2D eigenvalue weighted by molar-refractivity contribution is 5.76. The van der Waals surface area contributed by atoms with Crippen molar-refractivity contribution in [1.29, 1.82) is 0 Å². The molecule has 0 aliphatic rings. The van der Waals surface area contributed by atoms with Gasteiger partial charge in [-0.2, -0.15) is 0 Å². The van der Waals surface area contributed by atoms with Gasteiger partial charge in [-0.3, -0.25) is 0 Å². The summed E-state index contributed by atoms with van der Waals surface area (Å²) in [6.07, 6.45) is 1.68. The normalized spacial score (nSPS) is 13.1. The number of halogens is 1. The molecule has 2 rings (SSSR count). The highest BCUT2D eigenvalue weighted by Crippen LogP contribution is 2.21. The maximum absolute atomic E-state index is 13.2. The van der Waals surface area contributed by atoms with E-state index in [0.29, 0.717) is 6.61 Å². The van der Waals surface area contributed by atoms with E-state index in [9.17, 15) is 4.39 Å². The largest absolute Gasteiger partial charge is 0.385 e. The van der Waals surface area contributed by atoms with Gasteiger partial charge in [0.2, 0.25) is 0 Å². The average molecular weight is 251 g/mol. The van der Waals surface area contributed by atoms with Crippen molar-refractivity contribution in [2.24, 2.45) is 12.8 Å². The van der Waals surface area contributed by atoms with E-state index in [1.807, 2.05) is 11.6 Å². The van der Waals surface area contributed by atoms with Gasteiger partial charge in [-0.05, 0) is 31.0 Å². The van der Waals surface area contributed by atoms with Crippen LogP contribution < -0.4 is 5.73 Å². The molecule has 0 bridgehead atoms. The number of hydrogen-bond donors (Lipinski definition) is 1. The summed E-state index contributed by atoms with van der Waals surface area (Å²) in [5.74, 6) is 0.525. The summed E-state index contributed by atoms with van der Waals surface area (Å²) < 4.78 is 20.0. The van der Waals surface area contributed by atoms with Crippen molar-refractivity contribution >= 4 is 11.0 Å². The molecule has 1 atom stereocenters. The second kappa shape index (κ2) is 5.46. The maximum Gasteiger partial charge on any atom is 0.126 e. The number of benzene rings is 1. The molecule has 1 aromatic carbocycles. The van der Waals surface area contributed by atoms with Crippen molar-refractivity contribution in [3.05, 3.63) is 29.8 Å².